The number of aryl methyl sites for hydroxylation is 1. The lowest BCUT2D eigenvalue weighted by Crippen LogP contribution is -2.28. The van der Waals surface area contributed by atoms with E-state index >= 15 is 0 Å². The molecule has 0 amide bonds. The standard InChI is InChI=1S/C30H27N5O2/c1-4-25-33-28-26(30(36)35(25)19(2)21-10-6-5-7-11-21)27-29(32-24-13-9-8-12-23(24)31-27)34(28)18-20-14-16-22(37-3)17-15-20/h5-17,19H,4,18H2,1-3H3/t19-/m1/s1. The number of methoxy groups -OCH3 is 1. The molecule has 7 nitrogen and oxygen atoms in total. The van der Waals surface area contributed by atoms with E-state index in [0.717, 1.165) is 33.7 Å². The molecule has 0 aliphatic carbocycles. The summed E-state index contributed by atoms with van der Waals surface area (Å²) < 4.78 is 9.15. The first-order chi connectivity index (χ1) is 18.1. The van der Waals surface area contributed by atoms with Gasteiger partial charge in [-0.05, 0) is 42.3 Å². The van der Waals surface area contributed by atoms with E-state index in [1.807, 2.05) is 102 Å². The molecule has 0 saturated heterocycles. The highest BCUT2D eigenvalue weighted by atomic mass is 16.5. The highest BCUT2D eigenvalue weighted by Gasteiger charge is 2.24. The predicted octanol–water partition coefficient (Wildman–Crippen LogP) is 5.52. The molecular formula is C30H27N5O2. The smallest absolute Gasteiger partial charge is 0.265 e. The van der Waals surface area contributed by atoms with Crippen LogP contribution in [0.2, 0.25) is 0 Å². The van der Waals surface area contributed by atoms with E-state index < -0.39 is 0 Å². The fourth-order valence-corrected chi connectivity index (χ4v) is 5.01. The third-order valence-electron chi connectivity index (χ3n) is 6.95. The highest BCUT2D eigenvalue weighted by Crippen LogP contribution is 2.28. The molecule has 0 aliphatic rings. The van der Waals surface area contributed by atoms with Gasteiger partial charge in [-0.2, -0.15) is 0 Å². The molecule has 0 radical (unpaired) electrons. The molecule has 0 fully saturated rings. The molecule has 184 valence electrons. The number of hydrogen-bond donors (Lipinski definition) is 0. The average Bonchev–Trinajstić information content (AvgIpc) is 3.24. The average molecular weight is 490 g/mol. The van der Waals surface area contributed by atoms with Gasteiger partial charge in [0.25, 0.3) is 5.56 Å². The number of fused-ring (bicyclic) bond motifs is 4. The highest BCUT2D eigenvalue weighted by molar-refractivity contribution is 6.04. The van der Waals surface area contributed by atoms with Gasteiger partial charge in [0.05, 0.1) is 30.7 Å². The van der Waals surface area contributed by atoms with Crippen molar-refractivity contribution in [2.45, 2.75) is 32.9 Å². The zero-order valence-corrected chi connectivity index (χ0v) is 21.0. The van der Waals surface area contributed by atoms with Crippen LogP contribution in [-0.4, -0.2) is 31.2 Å². The van der Waals surface area contributed by atoms with Crippen molar-refractivity contribution in [3.05, 3.63) is 106 Å². The molecule has 3 heterocycles. The summed E-state index contributed by atoms with van der Waals surface area (Å²) in [5.74, 6) is 1.53. The lowest BCUT2D eigenvalue weighted by Gasteiger charge is -2.19. The molecular weight excluding hydrogens is 462 g/mol. The van der Waals surface area contributed by atoms with E-state index in [9.17, 15) is 4.79 Å². The third kappa shape index (κ3) is 3.83. The minimum atomic E-state index is -0.172. The molecule has 6 aromatic rings. The van der Waals surface area contributed by atoms with Crippen molar-refractivity contribution >= 4 is 33.2 Å². The lowest BCUT2D eigenvalue weighted by molar-refractivity contribution is 0.414. The van der Waals surface area contributed by atoms with E-state index in [1.54, 1.807) is 7.11 Å². The number of aromatic nitrogens is 5. The first-order valence-corrected chi connectivity index (χ1v) is 12.5. The van der Waals surface area contributed by atoms with Crippen molar-refractivity contribution in [2.75, 3.05) is 7.11 Å². The molecule has 0 spiro atoms. The summed E-state index contributed by atoms with van der Waals surface area (Å²) in [5.41, 5.74) is 5.39. The van der Waals surface area contributed by atoms with Gasteiger partial charge in [0.15, 0.2) is 11.3 Å². The van der Waals surface area contributed by atoms with Crippen LogP contribution in [0.3, 0.4) is 0 Å². The summed E-state index contributed by atoms with van der Waals surface area (Å²) in [6.45, 7) is 4.58. The Morgan fingerprint density at radius 3 is 2.19 bits per heavy atom. The SMILES string of the molecule is CCc1nc2c(c(=O)n1[C@H](C)c1ccccc1)c1nc3ccccc3nc1n2Cc1ccc(OC)cc1. The summed E-state index contributed by atoms with van der Waals surface area (Å²) in [4.78, 5) is 29.2. The van der Waals surface area contributed by atoms with E-state index in [0.29, 0.717) is 35.2 Å². The van der Waals surface area contributed by atoms with Crippen LogP contribution >= 0.6 is 0 Å². The minimum Gasteiger partial charge on any atom is -0.497 e. The number of rotatable bonds is 6. The number of para-hydroxylation sites is 2. The molecule has 7 heteroatoms. The number of hydrogen-bond acceptors (Lipinski definition) is 5. The number of benzene rings is 3. The van der Waals surface area contributed by atoms with Gasteiger partial charge in [0.2, 0.25) is 0 Å². The van der Waals surface area contributed by atoms with Crippen molar-refractivity contribution < 1.29 is 4.74 Å². The Morgan fingerprint density at radius 1 is 0.838 bits per heavy atom. The van der Waals surface area contributed by atoms with Crippen LogP contribution in [0.15, 0.2) is 83.7 Å². The molecule has 3 aromatic heterocycles. The maximum Gasteiger partial charge on any atom is 0.265 e. The van der Waals surface area contributed by atoms with Gasteiger partial charge >= 0.3 is 0 Å². The second-order valence-corrected chi connectivity index (χ2v) is 9.16. The molecule has 0 aliphatic heterocycles. The summed E-state index contributed by atoms with van der Waals surface area (Å²) >= 11 is 0. The summed E-state index contributed by atoms with van der Waals surface area (Å²) in [7, 11) is 1.65. The van der Waals surface area contributed by atoms with Crippen molar-refractivity contribution in [3.8, 4) is 5.75 Å². The van der Waals surface area contributed by atoms with Crippen LogP contribution in [0.1, 0.15) is 36.8 Å². The van der Waals surface area contributed by atoms with E-state index in [1.165, 1.54) is 0 Å². The van der Waals surface area contributed by atoms with Gasteiger partial charge in [-0.25, -0.2) is 15.0 Å². The fraction of sp³-hybridized carbons (Fsp3) is 0.200. The monoisotopic (exact) mass is 489 g/mol. The van der Waals surface area contributed by atoms with Crippen LogP contribution in [0.25, 0.3) is 33.2 Å². The van der Waals surface area contributed by atoms with Crippen LogP contribution in [0.5, 0.6) is 5.75 Å². The Hall–Kier alpha value is -4.52. The van der Waals surface area contributed by atoms with Crippen molar-refractivity contribution in [1.82, 2.24) is 24.1 Å². The Bertz CT molecular complexity index is 1800. The van der Waals surface area contributed by atoms with Crippen molar-refractivity contribution in [3.63, 3.8) is 0 Å². The van der Waals surface area contributed by atoms with Crippen LogP contribution in [0, 0.1) is 0 Å². The Balaban J connectivity index is 1.66. The van der Waals surface area contributed by atoms with E-state index in [4.69, 9.17) is 19.7 Å². The molecule has 0 unspecified atom stereocenters. The van der Waals surface area contributed by atoms with Crippen molar-refractivity contribution in [2.24, 2.45) is 0 Å². The Kier molecular flexibility index (Phi) is 5.68. The van der Waals surface area contributed by atoms with Gasteiger partial charge in [-0.3, -0.25) is 9.36 Å². The van der Waals surface area contributed by atoms with Gasteiger partial charge < -0.3 is 9.30 Å². The summed E-state index contributed by atoms with van der Waals surface area (Å²) in [6, 6.07) is 25.5. The zero-order valence-electron chi connectivity index (χ0n) is 21.0. The quantitative estimate of drug-likeness (QED) is 0.308. The Morgan fingerprint density at radius 2 is 1.51 bits per heavy atom. The van der Waals surface area contributed by atoms with Crippen LogP contribution < -0.4 is 10.3 Å². The topological polar surface area (TPSA) is 74.8 Å². The number of ether oxygens (including phenoxy) is 1. The fourth-order valence-electron chi connectivity index (χ4n) is 5.01. The van der Waals surface area contributed by atoms with Gasteiger partial charge in [0.1, 0.15) is 22.5 Å². The third-order valence-corrected chi connectivity index (χ3v) is 6.95. The zero-order chi connectivity index (χ0) is 25.5. The van der Waals surface area contributed by atoms with Gasteiger partial charge in [-0.15, -0.1) is 0 Å². The van der Waals surface area contributed by atoms with Crippen molar-refractivity contribution in [1.29, 1.82) is 0 Å². The maximum absolute atomic E-state index is 14.2. The molecule has 6 rings (SSSR count). The van der Waals surface area contributed by atoms with E-state index in [-0.39, 0.29) is 11.6 Å². The van der Waals surface area contributed by atoms with Crippen LogP contribution in [0.4, 0.5) is 0 Å². The molecule has 0 bridgehead atoms. The first kappa shape index (κ1) is 22.9. The molecule has 1 atom stereocenters. The second kappa shape index (κ2) is 9.17. The normalized spacial score (nSPS) is 12.4. The minimum absolute atomic E-state index is 0.0961. The molecule has 3 aromatic carbocycles. The molecule has 0 saturated carbocycles. The number of nitrogens with zero attached hydrogens (tertiary/aromatic N) is 5. The largest absolute Gasteiger partial charge is 0.497 e. The lowest BCUT2D eigenvalue weighted by atomic mass is 10.1. The van der Waals surface area contributed by atoms with Gasteiger partial charge in [0, 0.05) is 6.42 Å². The summed E-state index contributed by atoms with van der Waals surface area (Å²) in [5, 5.41) is 0.502. The molecule has 0 N–H and O–H groups in total. The molecule has 37 heavy (non-hydrogen) atoms. The Labute approximate surface area is 214 Å². The predicted molar refractivity (Wildman–Crippen MR) is 146 cm³/mol. The maximum atomic E-state index is 14.2. The second-order valence-electron chi connectivity index (χ2n) is 9.16. The first-order valence-electron chi connectivity index (χ1n) is 12.5. The van der Waals surface area contributed by atoms with E-state index in [2.05, 4.69) is 0 Å². The van der Waals surface area contributed by atoms with Gasteiger partial charge in [-0.1, -0.05) is 61.5 Å². The van der Waals surface area contributed by atoms with Crippen LogP contribution in [-0.2, 0) is 13.0 Å². The summed E-state index contributed by atoms with van der Waals surface area (Å²) in [6.07, 6.45) is 0.620.